The second-order valence-corrected chi connectivity index (χ2v) is 6.97. The van der Waals surface area contributed by atoms with Crippen molar-refractivity contribution >= 4 is 17.6 Å². The SMILES string of the molecule is CCOC(=O)c1cnn(-c2ccc(NC(=O)C(C)Oc3cccc(C#N)c3)cc2)c1C(F)(F)F. The van der Waals surface area contributed by atoms with E-state index < -0.39 is 35.4 Å². The maximum absolute atomic E-state index is 13.6. The lowest BCUT2D eigenvalue weighted by atomic mass is 10.2. The number of hydrogen-bond donors (Lipinski definition) is 1. The molecule has 0 radical (unpaired) electrons. The molecule has 11 heteroatoms. The zero-order chi connectivity index (χ0) is 24.9. The molecule has 0 fully saturated rings. The van der Waals surface area contributed by atoms with Gasteiger partial charge in [-0.2, -0.15) is 23.5 Å². The Balaban J connectivity index is 1.76. The van der Waals surface area contributed by atoms with Crippen LogP contribution < -0.4 is 10.1 Å². The Hall–Kier alpha value is -4.33. The molecule has 1 aromatic heterocycles. The Labute approximate surface area is 192 Å². The minimum absolute atomic E-state index is 0.0264. The molecule has 1 N–H and O–H groups in total. The van der Waals surface area contributed by atoms with Gasteiger partial charge in [0.05, 0.1) is 30.1 Å². The third kappa shape index (κ3) is 5.53. The number of aromatic nitrogens is 2. The first-order valence-electron chi connectivity index (χ1n) is 10.0. The van der Waals surface area contributed by atoms with Gasteiger partial charge in [-0.25, -0.2) is 9.48 Å². The number of benzene rings is 2. The van der Waals surface area contributed by atoms with Gasteiger partial charge in [-0.1, -0.05) is 6.07 Å². The van der Waals surface area contributed by atoms with Gasteiger partial charge in [0.25, 0.3) is 5.91 Å². The second-order valence-electron chi connectivity index (χ2n) is 6.97. The Kier molecular flexibility index (Phi) is 7.21. The van der Waals surface area contributed by atoms with Gasteiger partial charge in [0.1, 0.15) is 11.3 Å². The number of anilines is 1. The maximum atomic E-state index is 13.6. The number of rotatable bonds is 7. The van der Waals surface area contributed by atoms with E-state index in [0.29, 0.717) is 21.7 Å². The van der Waals surface area contributed by atoms with E-state index in [9.17, 15) is 22.8 Å². The van der Waals surface area contributed by atoms with Crippen molar-refractivity contribution in [3.05, 3.63) is 71.5 Å². The molecule has 34 heavy (non-hydrogen) atoms. The van der Waals surface area contributed by atoms with Crippen LogP contribution in [0.25, 0.3) is 5.69 Å². The lowest BCUT2D eigenvalue weighted by molar-refractivity contribution is -0.143. The number of alkyl halides is 3. The van der Waals surface area contributed by atoms with Crippen LogP contribution in [0.2, 0.25) is 0 Å². The molecule has 1 unspecified atom stereocenters. The Bertz CT molecular complexity index is 1230. The molecule has 0 saturated carbocycles. The normalized spacial score (nSPS) is 11.9. The molecule has 3 aromatic rings. The van der Waals surface area contributed by atoms with Crippen molar-refractivity contribution in [3.63, 3.8) is 0 Å². The lowest BCUT2D eigenvalue weighted by Crippen LogP contribution is -2.30. The van der Waals surface area contributed by atoms with Crippen molar-refractivity contribution in [1.82, 2.24) is 9.78 Å². The van der Waals surface area contributed by atoms with Gasteiger partial charge in [-0.15, -0.1) is 0 Å². The quantitative estimate of drug-likeness (QED) is 0.513. The molecule has 1 heterocycles. The van der Waals surface area contributed by atoms with E-state index in [1.54, 1.807) is 18.2 Å². The number of ether oxygens (including phenoxy) is 2. The summed E-state index contributed by atoms with van der Waals surface area (Å²) in [7, 11) is 0. The molecule has 2 aromatic carbocycles. The molecule has 0 aliphatic carbocycles. The van der Waals surface area contributed by atoms with Gasteiger partial charge in [-0.3, -0.25) is 4.79 Å². The summed E-state index contributed by atoms with van der Waals surface area (Å²) in [5.41, 5.74) is -1.24. The van der Waals surface area contributed by atoms with Crippen molar-refractivity contribution in [3.8, 4) is 17.5 Å². The van der Waals surface area contributed by atoms with Crippen LogP contribution in [0.3, 0.4) is 0 Å². The van der Waals surface area contributed by atoms with Crippen LogP contribution in [0.15, 0.2) is 54.7 Å². The summed E-state index contributed by atoms with van der Waals surface area (Å²) in [6.45, 7) is 2.92. The fraction of sp³-hybridized carbons (Fsp3) is 0.217. The first-order chi connectivity index (χ1) is 16.1. The van der Waals surface area contributed by atoms with E-state index in [0.717, 1.165) is 6.20 Å². The average molecular weight is 472 g/mol. The third-order valence-electron chi connectivity index (χ3n) is 4.56. The largest absolute Gasteiger partial charge is 0.481 e. The van der Waals surface area contributed by atoms with E-state index in [2.05, 4.69) is 15.2 Å². The number of hydrogen-bond acceptors (Lipinski definition) is 6. The van der Waals surface area contributed by atoms with E-state index in [4.69, 9.17) is 10.00 Å². The van der Waals surface area contributed by atoms with E-state index in [-0.39, 0.29) is 12.3 Å². The molecule has 0 bridgehead atoms. The fourth-order valence-electron chi connectivity index (χ4n) is 3.00. The number of carbonyl (C=O) groups is 2. The summed E-state index contributed by atoms with van der Waals surface area (Å²) in [5, 5.41) is 15.2. The van der Waals surface area contributed by atoms with Crippen molar-refractivity contribution in [2.24, 2.45) is 0 Å². The highest BCUT2D eigenvalue weighted by Gasteiger charge is 2.41. The minimum atomic E-state index is -4.86. The molecule has 1 amide bonds. The van der Waals surface area contributed by atoms with E-state index in [1.165, 1.54) is 44.2 Å². The summed E-state index contributed by atoms with van der Waals surface area (Å²) < 4.78 is 51.7. The summed E-state index contributed by atoms with van der Waals surface area (Å²) >= 11 is 0. The Morgan fingerprint density at radius 2 is 1.91 bits per heavy atom. The molecule has 0 spiro atoms. The third-order valence-corrected chi connectivity index (χ3v) is 4.56. The minimum Gasteiger partial charge on any atom is -0.481 e. The number of esters is 1. The topological polar surface area (TPSA) is 106 Å². The maximum Gasteiger partial charge on any atom is 0.434 e. The van der Waals surface area contributed by atoms with E-state index in [1.807, 2.05) is 6.07 Å². The fourth-order valence-corrected chi connectivity index (χ4v) is 3.00. The van der Waals surface area contributed by atoms with Crippen molar-refractivity contribution in [2.45, 2.75) is 26.1 Å². The highest BCUT2D eigenvalue weighted by molar-refractivity contribution is 5.94. The van der Waals surface area contributed by atoms with Crippen LogP contribution in [0.4, 0.5) is 18.9 Å². The smallest absolute Gasteiger partial charge is 0.434 e. The number of nitrogens with zero attached hydrogens (tertiary/aromatic N) is 3. The van der Waals surface area contributed by atoms with Crippen molar-refractivity contribution in [1.29, 1.82) is 5.26 Å². The Morgan fingerprint density at radius 1 is 1.21 bits per heavy atom. The zero-order valence-electron chi connectivity index (χ0n) is 18.1. The van der Waals surface area contributed by atoms with E-state index >= 15 is 0 Å². The molecule has 8 nitrogen and oxygen atoms in total. The van der Waals surface area contributed by atoms with Gasteiger partial charge in [0.2, 0.25) is 0 Å². The summed E-state index contributed by atoms with van der Waals surface area (Å²) in [6.07, 6.45) is -4.97. The predicted molar refractivity (Wildman–Crippen MR) is 114 cm³/mol. The lowest BCUT2D eigenvalue weighted by Gasteiger charge is -2.15. The zero-order valence-corrected chi connectivity index (χ0v) is 18.1. The summed E-state index contributed by atoms with van der Waals surface area (Å²) in [6, 6.07) is 13.7. The first kappa shape index (κ1) is 24.3. The van der Waals surface area contributed by atoms with Crippen LogP contribution in [0.1, 0.15) is 35.5 Å². The van der Waals surface area contributed by atoms with Crippen LogP contribution in [0, 0.1) is 11.3 Å². The van der Waals surface area contributed by atoms with Crippen LogP contribution in [0.5, 0.6) is 5.75 Å². The number of nitrogens with one attached hydrogen (secondary N) is 1. The van der Waals surface area contributed by atoms with Crippen molar-refractivity contribution < 1.29 is 32.2 Å². The van der Waals surface area contributed by atoms with Gasteiger partial charge < -0.3 is 14.8 Å². The number of nitriles is 1. The van der Waals surface area contributed by atoms with Gasteiger partial charge >= 0.3 is 12.1 Å². The molecule has 0 aliphatic rings. The molecule has 176 valence electrons. The van der Waals surface area contributed by atoms with Crippen LogP contribution in [-0.2, 0) is 15.7 Å². The number of amides is 1. The molecule has 1 atom stereocenters. The average Bonchev–Trinajstić information content (AvgIpc) is 3.26. The molecular formula is C23H19F3N4O4. The molecule has 0 aliphatic heterocycles. The number of halogens is 3. The summed E-state index contributed by atoms with van der Waals surface area (Å²) in [5.74, 6) is -1.29. The highest BCUT2D eigenvalue weighted by Crippen LogP contribution is 2.34. The predicted octanol–water partition coefficient (Wildman–Crippen LogP) is 4.35. The van der Waals surface area contributed by atoms with Gasteiger partial charge in [0.15, 0.2) is 11.8 Å². The van der Waals surface area contributed by atoms with Gasteiger partial charge in [-0.05, 0) is 56.3 Å². The van der Waals surface area contributed by atoms with Gasteiger partial charge in [0, 0.05) is 5.69 Å². The van der Waals surface area contributed by atoms with Crippen molar-refractivity contribution in [2.75, 3.05) is 11.9 Å². The van der Waals surface area contributed by atoms with Crippen LogP contribution in [-0.4, -0.2) is 34.4 Å². The van der Waals surface area contributed by atoms with Crippen LogP contribution >= 0.6 is 0 Å². The Morgan fingerprint density at radius 3 is 2.53 bits per heavy atom. The number of carbonyl (C=O) groups excluding carboxylic acids is 2. The second kappa shape index (κ2) is 10.1. The standard InChI is InChI=1S/C23H19F3N4O4/c1-3-33-22(32)19-13-28-30(20(19)23(24,25)26)17-9-7-16(8-10-17)29-21(31)14(2)34-18-6-4-5-15(11-18)12-27/h4-11,13-14H,3H2,1-2H3,(H,29,31). The first-order valence-corrected chi connectivity index (χ1v) is 10.0. The molecule has 0 saturated heterocycles. The molecular weight excluding hydrogens is 453 g/mol. The summed E-state index contributed by atoms with van der Waals surface area (Å²) in [4.78, 5) is 24.3. The highest BCUT2D eigenvalue weighted by atomic mass is 19.4. The monoisotopic (exact) mass is 472 g/mol. The molecule has 3 rings (SSSR count).